The summed E-state index contributed by atoms with van der Waals surface area (Å²) in [5.74, 6) is -5.64. The number of nitro groups is 1. The highest BCUT2D eigenvalue weighted by molar-refractivity contribution is 6.01. The van der Waals surface area contributed by atoms with Crippen molar-refractivity contribution in [2.75, 3.05) is 27.1 Å². The van der Waals surface area contributed by atoms with Crippen LogP contribution in [0.2, 0.25) is 0 Å². The number of carbonyl (C=O) groups is 5. The first-order valence-electron chi connectivity index (χ1n) is 12.4. The largest absolute Gasteiger partial charge is 0.478 e. The number of benzene rings is 1. The fourth-order valence-electron chi connectivity index (χ4n) is 3.97. The second kappa shape index (κ2) is 15.1. The van der Waals surface area contributed by atoms with Crippen molar-refractivity contribution in [2.45, 2.75) is 39.7 Å². The van der Waals surface area contributed by atoms with Crippen molar-refractivity contribution in [3.05, 3.63) is 74.6 Å². The highest BCUT2D eigenvalue weighted by Gasteiger charge is 2.43. The van der Waals surface area contributed by atoms with Gasteiger partial charge in [-0.1, -0.05) is 12.1 Å². The molecule has 1 aliphatic heterocycles. The second-order valence-electron chi connectivity index (χ2n) is 8.86. The summed E-state index contributed by atoms with van der Waals surface area (Å²) in [5.41, 5.74) is -0.644. The smallest absolute Gasteiger partial charge is 0.421 e. The number of carboxylic acids is 1. The van der Waals surface area contributed by atoms with E-state index >= 15 is 0 Å². The summed E-state index contributed by atoms with van der Waals surface area (Å²) in [7, 11) is 1.39. The van der Waals surface area contributed by atoms with E-state index in [4.69, 9.17) is 24.1 Å². The SMILES string of the molecule is COCCOC(=O)C1=C(C)N(C(=O)OCOC(=O)/C=C/C(=O)O)C(C)=C(C(=O)OC(C)C)C1c1cccc([N+](=O)[O-])c1. The summed E-state index contributed by atoms with van der Waals surface area (Å²) in [6.07, 6.45) is -0.664. The number of nitro benzene ring substituents is 1. The maximum Gasteiger partial charge on any atom is 0.421 e. The van der Waals surface area contributed by atoms with Crippen LogP contribution < -0.4 is 0 Å². The van der Waals surface area contributed by atoms with Crippen molar-refractivity contribution in [3.63, 3.8) is 0 Å². The van der Waals surface area contributed by atoms with Crippen LogP contribution in [0.5, 0.6) is 0 Å². The van der Waals surface area contributed by atoms with Crippen LogP contribution in [0.1, 0.15) is 39.2 Å². The Balaban J connectivity index is 2.66. The average Bonchev–Trinajstić information content (AvgIpc) is 2.91. The molecular weight excluding hydrogens is 560 g/mol. The van der Waals surface area contributed by atoms with E-state index in [-0.39, 0.29) is 47.0 Å². The van der Waals surface area contributed by atoms with E-state index in [0.717, 1.165) is 4.90 Å². The van der Waals surface area contributed by atoms with Gasteiger partial charge in [0.2, 0.25) is 6.79 Å². The highest BCUT2D eigenvalue weighted by atomic mass is 16.7. The molecule has 0 fully saturated rings. The Morgan fingerprint density at radius 1 is 1.00 bits per heavy atom. The first-order valence-corrected chi connectivity index (χ1v) is 12.4. The zero-order valence-electron chi connectivity index (χ0n) is 23.5. The molecule has 1 aromatic rings. The van der Waals surface area contributed by atoms with E-state index in [1.165, 1.54) is 45.2 Å². The van der Waals surface area contributed by atoms with Gasteiger partial charge in [-0.2, -0.15) is 0 Å². The summed E-state index contributed by atoms with van der Waals surface area (Å²) in [6.45, 7) is 4.82. The molecule has 1 heterocycles. The number of hydrogen-bond acceptors (Lipinski definition) is 12. The van der Waals surface area contributed by atoms with Crippen LogP contribution >= 0.6 is 0 Å². The lowest BCUT2D eigenvalue weighted by Crippen LogP contribution is -2.39. The van der Waals surface area contributed by atoms with Crippen LogP contribution in [0.25, 0.3) is 0 Å². The molecule has 15 heteroatoms. The third-order valence-corrected chi connectivity index (χ3v) is 5.67. The number of amides is 1. The van der Waals surface area contributed by atoms with Crippen LogP contribution in [-0.4, -0.2) is 78.1 Å². The van der Waals surface area contributed by atoms with Crippen molar-refractivity contribution >= 4 is 35.7 Å². The van der Waals surface area contributed by atoms with E-state index in [0.29, 0.717) is 12.2 Å². The molecule has 0 aliphatic carbocycles. The maximum atomic E-state index is 13.4. The van der Waals surface area contributed by atoms with Crippen molar-refractivity contribution in [1.82, 2.24) is 4.90 Å². The molecule has 0 radical (unpaired) electrons. The molecule has 1 atom stereocenters. The first-order chi connectivity index (χ1) is 19.8. The zero-order chi connectivity index (χ0) is 31.6. The molecule has 15 nitrogen and oxygen atoms in total. The summed E-state index contributed by atoms with van der Waals surface area (Å²) in [6, 6.07) is 5.28. The minimum Gasteiger partial charge on any atom is -0.478 e. The van der Waals surface area contributed by atoms with Crippen LogP contribution in [0.15, 0.2) is 59.0 Å². The number of esters is 3. The zero-order valence-corrected chi connectivity index (χ0v) is 23.5. The van der Waals surface area contributed by atoms with Crippen LogP contribution in [-0.2, 0) is 42.9 Å². The van der Waals surface area contributed by atoms with Gasteiger partial charge < -0.3 is 28.8 Å². The molecule has 0 saturated carbocycles. The van der Waals surface area contributed by atoms with Gasteiger partial charge in [0, 0.05) is 42.8 Å². The molecule has 0 spiro atoms. The lowest BCUT2D eigenvalue weighted by molar-refractivity contribution is -0.384. The molecule has 1 unspecified atom stereocenters. The van der Waals surface area contributed by atoms with Gasteiger partial charge in [-0.05, 0) is 33.3 Å². The van der Waals surface area contributed by atoms with Gasteiger partial charge in [-0.15, -0.1) is 0 Å². The number of hydrogen-bond donors (Lipinski definition) is 1. The van der Waals surface area contributed by atoms with Crippen LogP contribution in [0, 0.1) is 10.1 Å². The monoisotopic (exact) mass is 590 g/mol. The molecule has 0 saturated heterocycles. The topological polar surface area (TPSA) is 198 Å². The minimum absolute atomic E-state index is 0.0319. The maximum absolute atomic E-state index is 13.4. The Hall–Kier alpha value is -5.05. The summed E-state index contributed by atoms with van der Waals surface area (Å²) < 4.78 is 25.3. The van der Waals surface area contributed by atoms with E-state index in [2.05, 4.69) is 4.74 Å². The number of carboxylic acid groups (broad SMARTS) is 1. The fraction of sp³-hybridized carbons (Fsp3) is 0.370. The minimum atomic E-state index is -1.40. The second-order valence-corrected chi connectivity index (χ2v) is 8.86. The van der Waals surface area contributed by atoms with E-state index in [1.54, 1.807) is 13.8 Å². The number of carbonyl (C=O) groups excluding carboxylic acids is 4. The Labute approximate surface area is 240 Å². The predicted octanol–water partition coefficient (Wildman–Crippen LogP) is 2.96. The van der Waals surface area contributed by atoms with Gasteiger partial charge in [0.1, 0.15) is 6.61 Å². The molecule has 0 bridgehead atoms. The lowest BCUT2D eigenvalue weighted by atomic mass is 9.79. The highest BCUT2D eigenvalue weighted by Crippen LogP contribution is 2.44. The van der Waals surface area contributed by atoms with Gasteiger partial charge in [0.05, 0.1) is 34.7 Å². The molecule has 1 aromatic carbocycles. The van der Waals surface area contributed by atoms with Gasteiger partial charge in [-0.25, -0.2) is 24.0 Å². The van der Waals surface area contributed by atoms with Crippen molar-refractivity contribution < 1.29 is 57.7 Å². The summed E-state index contributed by atoms with van der Waals surface area (Å²) in [5, 5.41) is 20.1. The van der Waals surface area contributed by atoms with E-state index in [1.807, 2.05) is 0 Å². The normalized spacial score (nSPS) is 15.1. The van der Waals surface area contributed by atoms with Gasteiger partial charge in [0.15, 0.2) is 0 Å². The summed E-state index contributed by atoms with van der Waals surface area (Å²) in [4.78, 5) is 74.0. The number of methoxy groups -OCH3 is 1. The van der Waals surface area contributed by atoms with Crippen molar-refractivity contribution in [3.8, 4) is 0 Å². The molecule has 1 amide bonds. The van der Waals surface area contributed by atoms with Crippen LogP contribution in [0.3, 0.4) is 0 Å². The molecule has 226 valence electrons. The Morgan fingerprint density at radius 2 is 1.64 bits per heavy atom. The number of nitrogens with zero attached hydrogens (tertiary/aromatic N) is 2. The number of ether oxygens (including phenoxy) is 5. The number of allylic oxidation sites excluding steroid dienone is 2. The lowest BCUT2D eigenvalue weighted by Gasteiger charge is -2.36. The molecule has 0 aromatic heterocycles. The van der Waals surface area contributed by atoms with Crippen molar-refractivity contribution in [2.24, 2.45) is 0 Å². The van der Waals surface area contributed by atoms with E-state index < -0.39 is 53.7 Å². The van der Waals surface area contributed by atoms with Gasteiger partial charge in [0.25, 0.3) is 5.69 Å². The van der Waals surface area contributed by atoms with Crippen LogP contribution in [0.4, 0.5) is 10.5 Å². The number of non-ortho nitro benzene ring substituents is 1. The third-order valence-electron chi connectivity index (χ3n) is 5.67. The van der Waals surface area contributed by atoms with E-state index in [9.17, 15) is 34.1 Å². The third kappa shape index (κ3) is 8.47. The van der Waals surface area contributed by atoms with Crippen molar-refractivity contribution in [1.29, 1.82) is 0 Å². The molecule has 1 N–H and O–H groups in total. The first kappa shape index (κ1) is 33.2. The number of aliphatic carboxylic acids is 1. The molecule has 1 aliphatic rings. The average molecular weight is 591 g/mol. The Morgan fingerprint density at radius 3 is 2.21 bits per heavy atom. The summed E-state index contributed by atoms with van der Waals surface area (Å²) >= 11 is 0. The molecular formula is C27H30N2O13. The Bertz CT molecular complexity index is 1340. The Kier molecular flexibility index (Phi) is 11.9. The molecule has 42 heavy (non-hydrogen) atoms. The standard InChI is InChI=1S/C27H30N2O13/c1-15(2)42-26(34)23-17(4)28(27(35)41-14-40-21(32)10-9-20(30)31)16(3)22(25(33)39-12-11-38-5)24(23)18-7-6-8-19(13-18)29(36)37/h6-10,13,15,24H,11-12,14H2,1-5H3,(H,30,31)/b10-9+. The predicted molar refractivity (Wildman–Crippen MR) is 141 cm³/mol. The quantitative estimate of drug-likeness (QED) is 0.0709. The van der Waals surface area contributed by atoms with Gasteiger partial charge in [-0.3, -0.25) is 15.0 Å². The fourth-order valence-corrected chi connectivity index (χ4v) is 3.97. The number of rotatable bonds is 12. The van der Waals surface area contributed by atoms with Gasteiger partial charge >= 0.3 is 30.0 Å². The molecule has 2 rings (SSSR count).